The van der Waals surface area contributed by atoms with Crippen molar-refractivity contribution in [1.29, 1.82) is 0 Å². The molecule has 3 nitrogen and oxygen atoms in total. The van der Waals surface area contributed by atoms with Crippen molar-refractivity contribution in [2.45, 2.75) is 47.1 Å². The summed E-state index contributed by atoms with van der Waals surface area (Å²) in [6.45, 7) is 10.6. The summed E-state index contributed by atoms with van der Waals surface area (Å²) in [6, 6.07) is 6.12. The number of benzene rings is 1. The molecule has 1 amide bonds. The SMILES string of the molecule is CCc1ccc(OCC(=O)NC(C(C)C)C(C)C)c(Br)c1. The second-order valence-electron chi connectivity index (χ2n) is 5.99. The van der Waals surface area contributed by atoms with Gasteiger partial charge in [-0.3, -0.25) is 4.79 Å². The molecule has 0 unspecified atom stereocenters. The van der Waals surface area contributed by atoms with Gasteiger partial charge in [0.05, 0.1) is 4.47 Å². The van der Waals surface area contributed by atoms with Crippen LogP contribution in [0.3, 0.4) is 0 Å². The van der Waals surface area contributed by atoms with E-state index in [1.807, 2.05) is 18.2 Å². The van der Waals surface area contributed by atoms with E-state index in [2.05, 4.69) is 55.9 Å². The van der Waals surface area contributed by atoms with Gasteiger partial charge in [-0.1, -0.05) is 40.7 Å². The minimum Gasteiger partial charge on any atom is -0.483 e. The topological polar surface area (TPSA) is 38.3 Å². The number of ether oxygens (including phenoxy) is 1. The highest BCUT2D eigenvalue weighted by molar-refractivity contribution is 9.10. The van der Waals surface area contributed by atoms with Crippen molar-refractivity contribution in [3.63, 3.8) is 0 Å². The number of hydrogen-bond donors (Lipinski definition) is 1. The van der Waals surface area contributed by atoms with Gasteiger partial charge in [0.15, 0.2) is 6.61 Å². The molecule has 0 saturated carbocycles. The third-order valence-electron chi connectivity index (χ3n) is 3.53. The van der Waals surface area contributed by atoms with E-state index in [4.69, 9.17) is 4.74 Å². The normalized spacial score (nSPS) is 11.3. The van der Waals surface area contributed by atoms with Crippen LogP contribution in [0.25, 0.3) is 0 Å². The maximum absolute atomic E-state index is 12.0. The van der Waals surface area contributed by atoms with Gasteiger partial charge >= 0.3 is 0 Å². The zero-order chi connectivity index (χ0) is 16.0. The number of carbonyl (C=O) groups is 1. The molecule has 0 aliphatic rings. The number of aryl methyl sites for hydroxylation is 1. The molecule has 1 rings (SSSR count). The van der Waals surface area contributed by atoms with Crippen LogP contribution in [0, 0.1) is 11.8 Å². The number of nitrogens with one attached hydrogen (secondary N) is 1. The molecular formula is C17H26BrNO2. The van der Waals surface area contributed by atoms with Gasteiger partial charge in [0, 0.05) is 6.04 Å². The molecule has 118 valence electrons. The maximum atomic E-state index is 12.0. The van der Waals surface area contributed by atoms with Crippen LogP contribution in [0.2, 0.25) is 0 Å². The van der Waals surface area contributed by atoms with Gasteiger partial charge in [0.1, 0.15) is 5.75 Å². The third-order valence-corrected chi connectivity index (χ3v) is 4.15. The van der Waals surface area contributed by atoms with E-state index in [-0.39, 0.29) is 18.6 Å². The molecule has 21 heavy (non-hydrogen) atoms. The van der Waals surface area contributed by atoms with E-state index >= 15 is 0 Å². The van der Waals surface area contributed by atoms with Gasteiger partial charge < -0.3 is 10.1 Å². The summed E-state index contributed by atoms with van der Waals surface area (Å²) in [5, 5.41) is 3.05. The van der Waals surface area contributed by atoms with Crippen LogP contribution in [-0.2, 0) is 11.2 Å². The first-order chi connectivity index (χ1) is 9.85. The number of carbonyl (C=O) groups excluding carboxylic acids is 1. The molecule has 0 bridgehead atoms. The molecule has 1 N–H and O–H groups in total. The van der Waals surface area contributed by atoms with Crippen molar-refractivity contribution in [2.24, 2.45) is 11.8 Å². The standard InChI is InChI=1S/C17H26BrNO2/c1-6-13-7-8-15(14(18)9-13)21-10-16(20)19-17(11(2)3)12(4)5/h7-9,11-12,17H,6,10H2,1-5H3,(H,19,20). The average molecular weight is 356 g/mol. The van der Waals surface area contributed by atoms with Gasteiger partial charge in [-0.25, -0.2) is 0 Å². The minimum atomic E-state index is -0.0751. The highest BCUT2D eigenvalue weighted by atomic mass is 79.9. The molecular weight excluding hydrogens is 330 g/mol. The highest BCUT2D eigenvalue weighted by Crippen LogP contribution is 2.26. The quantitative estimate of drug-likeness (QED) is 0.796. The summed E-state index contributed by atoms with van der Waals surface area (Å²) >= 11 is 3.48. The van der Waals surface area contributed by atoms with Gasteiger partial charge in [0.2, 0.25) is 0 Å². The van der Waals surface area contributed by atoms with Crippen LogP contribution in [-0.4, -0.2) is 18.6 Å². The molecule has 0 fully saturated rings. The van der Waals surface area contributed by atoms with Crippen molar-refractivity contribution in [3.05, 3.63) is 28.2 Å². The predicted octanol–water partition coefficient (Wildman–Crippen LogP) is 4.19. The lowest BCUT2D eigenvalue weighted by molar-refractivity contribution is -0.124. The lowest BCUT2D eigenvalue weighted by atomic mass is 9.93. The number of hydrogen-bond acceptors (Lipinski definition) is 2. The van der Waals surface area contributed by atoms with E-state index in [0.29, 0.717) is 17.6 Å². The Kier molecular flexibility index (Phi) is 7.23. The largest absolute Gasteiger partial charge is 0.483 e. The predicted molar refractivity (Wildman–Crippen MR) is 90.6 cm³/mol. The fraction of sp³-hybridized carbons (Fsp3) is 0.588. The monoisotopic (exact) mass is 355 g/mol. The summed E-state index contributed by atoms with van der Waals surface area (Å²) < 4.78 is 6.49. The van der Waals surface area contributed by atoms with E-state index in [9.17, 15) is 4.79 Å². The number of rotatable bonds is 7. The van der Waals surface area contributed by atoms with Crippen LogP contribution in [0.4, 0.5) is 0 Å². The Morgan fingerprint density at radius 3 is 2.33 bits per heavy atom. The Labute approximate surface area is 136 Å². The summed E-state index contributed by atoms with van der Waals surface area (Å²) in [5.41, 5.74) is 1.23. The summed E-state index contributed by atoms with van der Waals surface area (Å²) in [4.78, 5) is 12.0. The lowest BCUT2D eigenvalue weighted by Crippen LogP contribution is -2.44. The van der Waals surface area contributed by atoms with Crippen LogP contribution >= 0.6 is 15.9 Å². The van der Waals surface area contributed by atoms with Crippen LogP contribution in [0.1, 0.15) is 40.2 Å². The maximum Gasteiger partial charge on any atom is 0.258 e. The summed E-state index contributed by atoms with van der Waals surface area (Å²) in [6.07, 6.45) is 0.976. The second-order valence-corrected chi connectivity index (χ2v) is 6.84. The molecule has 0 atom stereocenters. The number of amides is 1. The van der Waals surface area contributed by atoms with E-state index in [0.717, 1.165) is 10.9 Å². The van der Waals surface area contributed by atoms with E-state index in [1.165, 1.54) is 5.56 Å². The summed E-state index contributed by atoms with van der Waals surface area (Å²) in [5.74, 6) is 1.44. The first-order valence-electron chi connectivity index (χ1n) is 7.55. The first-order valence-corrected chi connectivity index (χ1v) is 8.35. The smallest absolute Gasteiger partial charge is 0.258 e. The molecule has 0 aliphatic heterocycles. The molecule has 0 radical (unpaired) electrons. The van der Waals surface area contributed by atoms with E-state index in [1.54, 1.807) is 0 Å². The van der Waals surface area contributed by atoms with Gasteiger partial charge in [-0.05, 0) is 51.9 Å². The molecule has 0 saturated heterocycles. The molecule has 0 spiro atoms. The summed E-state index contributed by atoms with van der Waals surface area (Å²) in [7, 11) is 0. The second kappa shape index (κ2) is 8.42. The fourth-order valence-corrected chi connectivity index (χ4v) is 2.90. The lowest BCUT2D eigenvalue weighted by Gasteiger charge is -2.26. The van der Waals surface area contributed by atoms with Gasteiger partial charge in [-0.2, -0.15) is 0 Å². The van der Waals surface area contributed by atoms with Crippen molar-refractivity contribution < 1.29 is 9.53 Å². The zero-order valence-corrected chi connectivity index (χ0v) is 15.2. The molecule has 0 heterocycles. The Balaban J connectivity index is 2.57. The molecule has 1 aromatic carbocycles. The van der Waals surface area contributed by atoms with Crippen LogP contribution in [0.5, 0.6) is 5.75 Å². The average Bonchev–Trinajstić information content (AvgIpc) is 2.42. The van der Waals surface area contributed by atoms with Gasteiger partial charge in [0.25, 0.3) is 5.91 Å². The minimum absolute atomic E-state index is 0.0417. The zero-order valence-electron chi connectivity index (χ0n) is 13.6. The van der Waals surface area contributed by atoms with Crippen molar-refractivity contribution in [1.82, 2.24) is 5.32 Å². The Morgan fingerprint density at radius 2 is 1.86 bits per heavy atom. The Hall–Kier alpha value is -1.03. The van der Waals surface area contributed by atoms with E-state index < -0.39 is 0 Å². The molecule has 1 aromatic rings. The van der Waals surface area contributed by atoms with Crippen LogP contribution < -0.4 is 10.1 Å². The van der Waals surface area contributed by atoms with Crippen LogP contribution in [0.15, 0.2) is 22.7 Å². The highest BCUT2D eigenvalue weighted by Gasteiger charge is 2.19. The van der Waals surface area contributed by atoms with Crippen molar-refractivity contribution in [2.75, 3.05) is 6.61 Å². The Bertz CT molecular complexity index is 464. The first kappa shape index (κ1) is 18.0. The molecule has 4 heteroatoms. The van der Waals surface area contributed by atoms with Gasteiger partial charge in [-0.15, -0.1) is 0 Å². The Morgan fingerprint density at radius 1 is 1.24 bits per heavy atom. The third kappa shape index (κ3) is 5.70. The molecule has 0 aliphatic carbocycles. The van der Waals surface area contributed by atoms with Crippen molar-refractivity contribution in [3.8, 4) is 5.75 Å². The number of halogens is 1. The van der Waals surface area contributed by atoms with Crippen molar-refractivity contribution >= 4 is 21.8 Å². The fourth-order valence-electron chi connectivity index (χ4n) is 2.36. The molecule has 0 aromatic heterocycles.